The topological polar surface area (TPSA) is 149 Å². The summed E-state index contributed by atoms with van der Waals surface area (Å²) in [5.74, 6) is -0.232. The van der Waals surface area contributed by atoms with Crippen LogP contribution in [0.3, 0.4) is 0 Å². The van der Waals surface area contributed by atoms with E-state index in [1.165, 1.54) is 0 Å². The molecule has 0 aromatic rings. The van der Waals surface area contributed by atoms with E-state index in [0.29, 0.717) is 6.42 Å². The van der Waals surface area contributed by atoms with Gasteiger partial charge in [-0.1, -0.05) is 160 Å². The van der Waals surface area contributed by atoms with Gasteiger partial charge in [0.25, 0.3) is 0 Å². The third-order valence-corrected chi connectivity index (χ3v) is 9.69. The van der Waals surface area contributed by atoms with E-state index in [1.807, 2.05) is 6.08 Å². The Bertz CT molecular complexity index is 1400. The molecule has 0 saturated carbocycles. The number of unbranched alkanes of at least 4 members (excludes halogenated alkanes) is 5. The van der Waals surface area contributed by atoms with Gasteiger partial charge in [0.1, 0.15) is 24.4 Å². The standard InChI is InChI=1S/C52H81NO8/c1-3-5-7-9-11-12-13-14-15-16-17-18-19-20-21-22-23-24-25-26-27-28-29-30-31-32-33-34-36-38-40-42-48(56)53-45(46(55)41-39-37-35-10-8-6-4-2)44-60-52-51(59)50(58)49(57)47(43-54)61-52/h5,7-8,10-12,14-15,17-18,20-21,23-24,26-27,29-30,32-33,39,41,45-47,49-52,54-55,57-59H,3-4,6,9,13,16,19,22,25,28,31,34-38,40,42-44H2,1-2H3,(H,53,56)/b7-5-,10-8+,12-11-,15-14-,18-17-,21-20-,24-23-,27-26-,30-29-,33-32-,41-39+. The predicted molar refractivity (Wildman–Crippen MR) is 253 cm³/mol. The molecule has 1 amide bonds. The number of nitrogens with one attached hydrogen (secondary N) is 1. The fourth-order valence-corrected chi connectivity index (χ4v) is 6.05. The van der Waals surface area contributed by atoms with E-state index in [-0.39, 0.29) is 18.9 Å². The van der Waals surface area contributed by atoms with Crippen molar-refractivity contribution in [2.24, 2.45) is 0 Å². The Labute approximate surface area is 369 Å². The summed E-state index contributed by atoms with van der Waals surface area (Å²) in [5.41, 5.74) is 0. The molecule has 1 aliphatic heterocycles. The lowest BCUT2D eigenvalue weighted by atomic mass is 9.99. The number of hydrogen-bond donors (Lipinski definition) is 6. The van der Waals surface area contributed by atoms with Crippen LogP contribution in [-0.4, -0.2) is 87.5 Å². The highest BCUT2D eigenvalue weighted by Crippen LogP contribution is 2.22. The second-order valence-electron chi connectivity index (χ2n) is 15.1. The molecule has 1 fully saturated rings. The van der Waals surface area contributed by atoms with Gasteiger partial charge in [0.05, 0.1) is 25.4 Å². The molecule has 1 saturated heterocycles. The Kier molecular flexibility index (Phi) is 36.7. The second-order valence-corrected chi connectivity index (χ2v) is 15.1. The van der Waals surface area contributed by atoms with Gasteiger partial charge in [0, 0.05) is 6.42 Å². The highest BCUT2D eigenvalue weighted by atomic mass is 16.7. The van der Waals surface area contributed by atoms with Gasteiger partial charge in [-0.15, -0.1) is 0 Å². The normalized spacial score (nSPS) is 21.7. The largest absolute Gasteiger partial charge is 0.394 e. The van der Waals surface area contributed by atoms with Crippen molar-refractivity contribution in [1.82, 2.24) is 5.32 Å². The molecular weight excluding hydrogens is 767 g/mol. The zero-order valence-corrected chi connectivity index (χ0v) is 37.3. The maximum absolute atomic E-state index is 12.9. The SMILES string of the molecule is CC/C=C\C/C=C\C/C=C\C/C=C\C/C=C\C/C=C\C/C=C\C/C=C\C/C=C\CCCCCC(=O)NC(COC1OC(CO)C(O)C(O)C1O)C(O)/C=C/CC/C=C/CCC. The average Bonchev–Trinajstić information content (AvgIpc) is 3.26. The smallest absolute Gasteiger partial charge is 0.220 e. The third kappa shape index (κ3) is 30.9. The molecule has 0 spiro atoms. The Morgan fingerprint density at radius 2 is 1.03 bits per heavy atom. The molecule has 0 aliphatic carbocycles. The van der Waals surface area contributed by atoms with E-state index >= 15 is 0 Å². The van der Waals surface area contributed by atoms with Gasteiger partial charge >= 0.3 is 0 Å². The monoisotopic (exact) mass is 848 g/mol. The summed E-state index contributed by atoms with van der Waals surface area (Å²) >= 11 is 0. The number of carbonyl (C=O) groups is 1. The molecule has 6 N–H and O–H groups in total. The number of aliphatic hydroxyl groups excluding tert-OH is 5. The zero-order chi connectivity index (χ0) is 44.4. The lowest BCUT2D eigenvalue weighted by molar-refractivity contribution is -0.302. The summed E-state index contributed by atoms with van der Waals surface area (Å²) in [6.45, 7) is 3.47. The van der Waals surface area contributed by atoms with E-state index < -0.39 is 49.5 Å². The number of allylic oxidation sites excluding steroid dienone is 21. The number of amides is 1. The highest BCUT2D eigenvalue weighted by molar-refractivity contribution is 5.76. The summed E-state index contributed by atoms with van der Waals surface area (Å²) in [6.07, 6.45) is 55.4. The van der Waals surface area contributed by atoms with Gasteiger partial charge in [0.2, 0.25) is 5.91 Å². The van der Waals surface area contributed by atoms with Crippen molar-refractivity contribution in [3.8, 4) is 0 Å². The first-order valence-corrected chi connectivity index (χ1v) is 22.9. The minimum absolute atomic E-state index is 0.226. The molecule has 61 heavy (non-hydrogen) atoms. The lowest BCUT2D eigenvalue weighted by Crippen LogP contribution is -2.60. The minimum Gasteiger partial charge on any atom is -0.394 e. The van der Waals surface area contributed by atoms with Crippen molar-refractivity contribution in [3.05, 3.63) is 134 Å². The molecule has 1 heterocycles. The van der Waals surface area contributed by atoms with Gasteiger partial charge in [0.15, 0.2) is 6.29 Å². The first-order valence-electron chi connectivity index (χ1n) is 22.9. The summed E-state index contributed by atoms with van der Waals surface area (Å²) in [6, 6.07) is -0.846. The van der Waals surface area contributed by atoms with Crippen LogP contribution in [0, 0.1) is 0 Å². The first kappa shape index (κ1) is 55.3. The third-order valence-electron chi connectivity index (χ3n) is 9.69. The molecule has 7 unspecified atom stereocenters. The number of carbonyl (C=O) groups excluding carboxylic acids is 1. The maximum atomic E-state index is 12.9. The van der Waals surface area contributed by atoms with Crippen molar-refractivity contribution in [1.29, 1.82) is 0 Å². The molecule has 1 aliphatic rings. The molecule has 7 atom stereocenters. The second kappa shape index (κ2) is 40.4. The summed E-state index contributed by atoms with van der Waals surface area (Å²) in [5, 5.41) is 53.8. The average molecular weight is 848 g/mol. The van der Waals surface area contributed by atoms with Crippen molar-refractivity contribution in [2.45, 2.75) is 172 Å². The molecular formula is C52H81NO8. The van der Waals surface area contributed by atoms with Gasteiger partial charge in [-0.05, 0) is 96.3 Å². The quantitative estimate of drug-likeness (QED) is 0.0273. The Balaban J connectivity index is 2.25. The Morgan fingerprint density at radius 3 is 1.52 bits per heavy atom. The maximum Gasteiger partial charge on any atom is 0.220 e. The summed E-state index contributed by atoms with van der Waals surface area (Å²) < 4.78 is 11.1. The molecule has 9 nitrogen and oxygen atoms in total. The van der Waals surface area contributed by atoms with Crippen LogP contribution in [0.5, 0.6) is 0 Å². The van der Waals surface area contributed by atoms with Gasteiger partial charge < -0.3 is 40.3 Å². The minimum atomic E-state index is -1.58. The van der Waals surface area contributed by atoms with E-state index in [0.717, 1.165) is 103 Å². The number of hydrogen-bond acceptors (Lipinski definition) is 8. The van der Waals surface area contributed by atoms with E-state index in [2.05, 4.69) is 141 Å². The highest BCUT2D eigenvalue weighted by Gasteiger charge is 2.44. The molecule has 0 aromatic carbocycles. The van der Waals surface area contributed by atoms with Crippen molar-refractivity contribution in [2.75, 3.05) is 13.2 Å². The molecule has 0 bridgehead atoms. The van der Waals surface area contributed by atoms with Crippen molar-refractivity contribution >= 4 is 5.91 Å². The molecule has 342 valence electrons. The molecule has 9 heteroatoms. The Morgan fingerprint density at radius 1 is 0.574 bits per heavy atom. The van der Waals surface area contributed by atoms with Crippen LogP contribution in [0.15, 0.2) is 134 Å². The van der Waals surface area contributed by atoms with Gasteiger partial charge in [-0.25, -0.2) is 0 Å². The van der Waals surface area contributed by atoms with Crippen LogP contribution in [0.2, 0.25) is 0 Å². The number of aliphatic hydroxyl groups is 5. The lowest BCUT2D eigenvalue weighted by Gasteiger charge is -2.40. The molecule has 0 radical (unpaired) electrons. The van der Waals surface area contributed by atoms with Crippen LogP contribution >= 0.6 is 0 Å². The van der Waals surface area contributed by atoms with Crippen LogP contribution < -0.4 is 5.32 Å². The van der Waals surface area contributed by atoms with E-state index in [1.54, 1.807) is 6.08 Å². The molecule has 1 rings (SSSR count). The van der Waals surface area contributed by atoms with Crippen molar-refractivity contribution < 1.29 is 39.8 Å². The Hall–Kier alpha value is -3.67. The number of ether oxygens (including phenoxy) is 2. The van der Waals surface area contributed by atoms with Crippen LogP contribution in [0.25, 0.3) is 0 Å². The fourth-order valence-electron chi connectivity index (χ4n) is 6.05. The molecule has 0 aromatic heterocycles. The fraction of sp³-hybridized carbons (Fsp3) is 0.558. The van der Waals surface area contributed by atoms with Crippen LogP contribution in [0.4, 0.5) is 0 Å². The zero-order valence-electron chi connectivity index (χ0n) is 37.3. The van der Waals surface area contributed by atoms with E-state index in [4.69, 9.17) is 9.47 Å². The predicted octanol–water partition coefficient (Wildman–Crippen LogP) is 9.83. The van der Waals surface area contributed by atoms with Crippen molar-refractivity contribution in [3.63, 3.8) is 0 Å². The summed E-state index contributed by atoms with van der Waals surface area (Å²) in [7, 11) is 0. The number of rotatable bonds is 35. The first-order chi connectivity index (χ1) is 29.8. The van der Waals surface area contributed by atoms with Crippen LogP contribution in [0.1, 0.15) is 129 Å². The summed E-state index contributed by atoms with van der Waals surface area (Å²) in [4.78, 5) is 12.9. The van der Waals surface area contributed by atoms with Crippen LogP contribution in [-0.2, 0) is 14.3 Å². The van der Waals surface area contributed by atoms with E-state index in [9.17, 15) is 30.3 Å². The van der Waals surface area contributed by atoms with Gasteiger partial charge in [-0.3, -0.25) is 4.79 Å². The van der Waals surface area contributed by atoms with Gasteiger partial charge in [-0.2, -0.15) is 0 Å².